The number of piperidine rings is 1. The number of aliphatic imine (C=N–C) groups is 1. The molecule has 1 N–H and O–H groups in total. The van der Waals surface area contributed by atoms with Crippen molar-refractivity contribution in [3.05, 3.63) is 23.9 Å². The van der Waals surface area contributed by atoms with Crippen molar-refractivity contribution in [1.29, 1.82) is 0 Å². The lowest BCUT2D eigenvalue weighted by Crippen LogP contribution is -2.46. The summed E-state index contributed by atoms with van der Waals surface area (Å²) in [5.74, 6) is 0.204. The number of likely N-dealkylation sites (tertiary alicyclic amines) is 1. The Morgan fingerprint density at radius 3 is 2.64 bits per heavy atom. The van der Waals surface area contributed by atoms with Crippen LogP contribution in [-0.4, -0.2) is 61.8 Å². The Morgan fingerprint density at radius 2 is 2.07 bits per heavy atom. The summed E-state index contributed by atoms with van der Waals surface area (Å²) in [6, 6.07) is 3.27. The molecule has 28 heavy (non-hydrogen) atoms. The average molecular weight is 516 g/mol. The average Bonchev–Trinajstić information content (AvgIpc) is 2.67. The second kappa shape index (κ2) is 11.3. The number of methoxy groups -OCH3 is 1. The normalized spacial score (nSPS) is 15.6. The first-order chi connectivity index (χ1) is 12.8. The summed E-state index contributed by atoms with van der Waals surface area (Å²) in [7, 11) is 3.00. The number of hydrogen-bond acceptors (Lipinski definition) is 5. The summed E-state index contributed by atoms with van der Waals surface area (Å²) in [6.45, 7) is 0.0746. The molecule has 0 aliphatic carbocycles. The van der Waals surface area contributed by atoms with Gasteiger partial charge in [-0.3, -0.25) is 9.79 Å². The number of ether oxygens (including phenoxy) is 2. The van der Waals surface area contributed by atoms with Crippen LogP contribution < -0.4 is 10.1 Å². The fourth-order valence-electron chi connectivity index (χ4n) is 2.84. The smallest absolute Gasteiger partial charge is 0.422 e. The van der Waals surface area contributed by atoms with E-state index in [9.17, 15) is 18.0 Å². The lowest BCUT2D eigenvalue weighted by Gasteiger charge is -2.33. The minimum atomic E-state index is -4.43. The van der Waals surface area contributed by atoms with Crippen molar-refractivity contribution in [2.24, 2.45) is 10.9 Å². The van der Waals surface area contributed by atoms with Gasteiger partial charge in [0.05, 0.1) is 13.0 Å². The van der Waals surface area contributed by atoms with Crippen LogP contribution in [0.1, 0.15) is 18.4 Å². The van der Waals surface area contributed by atoms with Crippen molar-refractivity contribution in [3.8, 4) is 5.88 Å². The van der Waals surface area contributed by atoms with Gasteiger partial charge in [-0.2, -0.15) is 13.2 Å². The van der Waals surface area contributed by atoms with E-state index in [4.69, 9.17) is 9.47 Å². The van der Waals surface area contributed by atoms with Gasteiger partial charge in [0.15, 0.2) is 12.6 Å². The minimum Gasteiger partial charge on any atom is -0.469 e. The van der Waals surface area contributed by atoms with Gasteiger partial charge >= 0.3 is 12.1 Å². The number of alkyl halides is 3. The standard InChI is InChI=1S/C17H23F3N4O3.HI/c1-21-16(24-8-5-12(6-9-24)15(25)26-2)23-10-13-4-3-7-22-14(13)27-11-17(18,19)20;/h3-4,7,12H,5-6,8-11H2,1-2H3,(H,21,23);1H. The van der Waals surface area contributed by atoms with E-state index in [1.807, 2.05) is 4.90 Å². The number of guanidine groups is 1. The Kier molecular flexibility index (Phi) is 9.76. The largest absolute Gasteiger partial charge is 0.469 e. The Balaban J connectivity index is 0.00000392. The fourth-order valence-corrected chi connectivity index (χ4v) is 2.84. The maximum Gasteiger partial charge on any atom is 0.422 e. The van der Waals surface area contributed by atoms with Gasteiger partial charge in [-0.1, -0.05) is 6.07 Å². The van der Waals surface area contributed by atoms with E-state index in [1.165, 1.54) is 13.3 Å². The molecule has 1 fully saturated rings. The molecule has 11 heteroatoms. The quantitative estimate of drug-likeness (QED) is 0.281. The van der Waals surface area contributed by atoms with Gasteiger partial charge in [0.2, 0.25) is 5.88 Å². The summed E-state index contributed by atoms with van der Waals surface area (Å²) in [6.07, 6.45) is -1.75. The molecule has 1 aromatic rings. The van der Waals surface area contributed by atoms with Crippen molar-refractivity contribution < 1.29 is 27.4 Å². The number of nitrogens with zero attached hydrogens (tertiary/aromatic N) is 3. The van der Waals surface area contributed by atoms with Crippen LogP contribution in [0.5, 0.6) is 5.88 Å². The van der Waals surface area contributed by atoms with E-state index < -0.39 is 12.8 Å². The molecule has 0 spiro atoms. The summed E-state index contributed by atoms with van der Waals surface area (Å²) in [4.78, 5) is 21.7. The third kappa shape index (κ3) is 7.32. The fraction of sp³-hybridized carbons (Fsp3) is 0.588. The zero-order chi connectivity index (χ0) is 19.9. The summed E-state index contributed by atoms with van der Waals surface area (Å²) in [5, 5.41) is 3.11. The topological polar surface area (TPSA) is 76.1 Å². The van der Waals surface area contributed by atoms with Crippen molar-refractivity contribution in [1.82, 2.24) is 15.2 Å². The highest BCUT2D eigenvalue weighted by Crippen LogP contribution is 2.21. The highest BCUT2D eigenvalue weighted by atomic mass is 127. The summed E-state index contributed by atoms with van der Waals surface area (Å²) in [5.41, 5.74) is 0.493. The van der Waals surface area contributed by atoms with Crippen LogP contribution in [0, 0.1) is 5.92 Å². The molecule has 7 nitrogen and oxygen atoms in total. The van der Waals surface area contributed by atoms with Gasteiger partial charge in [0.1, 0.15) is 0 Å². The van der Waals surface area contributed by atoms with Crippen molar-refractivity contribution in [2.45, 2.75) is 25.6 Å². The van der Waals surface area contributed by atoms with Gasteiger partial charge in [0.25, 0.3) is 0 Å². The van der Waals surface area contributed by atoms with Crippen molar-refractivity contribution in [3.63, 3.8) is 0 Å². The SMILES string of the molecule is CN=C(NCc1cccnc1OCC(F)(F)F)N1CCC(C(=O)OC)CC1.I. The number of esters is 1. The molecule has 0 bridgehead atoms. The van der Waals surface area contributed by atoms with Crippen LogP contribution in [0.4, 0.5) is 13.2 Å². The molecular formula is C17H24F3IN4O3. The number of carbonyl (C=O) groups is 1. The lowest BCUT2D eigenvalue weighted by atomic mass is 9.97. The Hall–Kier alpha value is -1.79. The Bertz CT molecular complexity index is 665. The predicted octanol–water partition coefficient (Wildman–Crippen LogP) is 2.60. The monoisotopic (exact) mass is 516 g/mol. The van der Waals surface area contributed by atoms with Gasteiger partial charge in [-0.25, -0.2) is 4.98 Å². The number of rotatable bonds is 5. The molecule has 158 valence electrons. The summed E-state index contributed by atoms with van der Waals surface area (Å²) >= 11 is 0. The molecule has 1 saturated heterocycles. The number of aromatic nitrogens is 1. The van der Waals surface area contributed by atoms with Crippen molar-refractivity contribution in [2.75, 3.05) is 33.9 Å². The highest BCUT2D eigenvalue weighted by Gasteiger charge is 2.29. The molecule has 0 saturated carbocycles. The van der Waals surface area contributed by atoms with Crippen LogP contribution in [0.15, 0.2) is 23.3 Å². The molecule has 0 amide bonds. The van der Waals surface area contributed by atoms with Gasteiger partial charge in [-0.15, -0.1) is 24.0 Å². The number of pyridine rings is 1. The zero-order valence-electron chi connectivity index (χ0n) is 15.7. The number of hydrogen-bond donors (Lipinski definition) is 1. The number of carbonyl (C=O) groups excluding carboxylic acids is 1. The minimum absolute atomic E-state index is 0. The van der Waals surface area contributed by atoms with E-state index in [1.54, 1.807) is 19.2 Å². The first-order valence-corrected chi connectivity index (χ1v) is 8.51. The van der Waals surface area contributed by atoms with Crippen LogP contribution in [0.3, 0.4) is 0 Å². The first kappa shape index (κ1) is 24.2. The highest BCUT2D eigenvalue weighted by molar-refractivity contribution is 14.0. The van der Waals surface area contributed by atoms with Gasteiger partial charge in [-0.05, 0) is 18.9 Å². The Morgan fingerprint density at radius 1 is 1.39 bits per heavy atom. The van der Waals surface area contributed by atoms with Crippen LogP contribution in [0.2, 0.25) is 0 Å². The third-order valence-corrected chi connectivity index (χ3v) is 4.20. The third-order valence-electron chi connectivity index (χ3n) is 4.20. The summed E-state index contributed by atoms with van der Waals surface area (Å²) < 4.78 is 46.7. The van der Waals surface area contributed by atoms with E-state index in [0.29, 0.717) is 37.5 Å². The Labute approximate surface area is 178 Å². The molecule has 1 aromatic heterocycles. The molecule has 0 aromatic carbocycles. The van der Waals surface area contributed by atoms with Crippen LogP contribution in [-0.2, 0) is 16.1 Å². The van der Waals surface area contributed by atoms with E-state index in [2.05, 4.69) is 15.3 Å². The zero-order valence-corrected chi connectivity index (χ0v) is 18.0. The van der Waals surface area contributed by atoms with Crippen LogP contribution >= 0.6 is 24.0 Å². The predicted molar refractivity (Wildman–Crippen MR) is 108 cm³/mol. The van der Waals surface area contributed by atoms with Gasteiger partial charge < -0.3 is 19.7 Å². The molecule has 0 unspecified atom stereocenters. The van der Waals surface area contributed by atoms with Crippen molar-refractivity contribution >= 4 is 35.9 Å². The first-order valence-electron chi connectivity index (χ1n) is 8.51. The molecule has 1 aliphatic rings. The maximum absolute atomic E-state index is 12.4. The van der Waals surface area contributed by atoms with Crippen LogP contribution in [0.25, 0.3) is 0 Å². The second-order valence-corrected chi connectivity index (χ2v) is 6.06. The molecule has 2 rings (SSSR count). The maximum atomic E-state index is 12.4. The number of halogens is 4. The number of nitrogens with one attached hydrogen (secondary N) is 1. The molecule has 1 aliphatic heterocycles. The molecule has 0 radical (unpaired) electrons. The second-order valence-electron chi connectivity index (χ2n) is 6.06. The van der Waals surface area contributed by atoms with E-state index in [0.717, 1.165) is 0 Å². The van der Waals surface area contributed by atoms with Gasteiger partial charge in [0, 0.05) is 38.4 Å². The molecular weight excluding hydrogens is 492 g/mol. The molecule has 2 heterocycles. The lowest BCUT2D eigenvalue weighted by molar-refractivity contribution is -0.154. The van der Waals surface area contributed by atoms with E-state index in [-0.39, 0.29) is 48.3 Å². The molecule has 0 atom stereocenters. The van der Waals surface area contributed by atoms with E-state index >= 15 is 0 Å².